The number of pyridine rings is 1. The van der Waals surface area contributed by atoms with Crippen molar-refractivity contribution < 1.29 is 32.3 Å². The summed E-state index contributed by atoms with van der Waals surface area (Å²) < 4.78 is 56.7. The van der Waals surface area contributed by atoms with Crippen molar-refractivity contribution in [2.75, 3.05) is 24.5 Å². The number of aliphatic hydroxyl groups is 1. The molecule has 1 aliphatic carbocycles. The molecule has 2 N–H and O–H groups in total. The van der Waals surface area contributed by atoms with Crippen molar-refractivity contribution in [1.29, 1.82) is 0 Å². The molecule has 3 amide bonds. The van der Waals surface area contributed by atoms with Gasteiger partial charge in [-0.3, -0.25) is 24.9 Å². The van der Waals surface area contributed by atoms with Crippen LogP contribution in [0.25, 0.3) is 10.9 Å². The number of benzene rings is 2. The van der Waals surface area contributed by atoms with Gasteiger partial charge in [0.05, 0.1) is 28.4 Å². The number of carbonyl (C=O) groups excluding carboxylic acids is 2. The summed E-state index contributed by atoms with van der Waals surface area (Å²) in [6.07, 6.45) is -2.21. The summed E-state index contributed by atoms with van der Waals surface area (Å²) >= 11 is 0. The Morgan fingerprint density at radius 2 is 1.74 bits per heavy atom. The van der Waals surface area contributed by atoms with E-state index in [0.29, 0.717) is 36.4 Å². The van der Waals surface area contributed by atoms with Crippen LogP contribution in [0.1, 0.15) is 56.2 Å². The fourth-order valence-electron chi connectivity index (χ4n) is 6.54. The van der Waals surface area contributed by atoms with Crippen molar-refractivity contribution in [1.82, 2.24) is 15.2 Å². The first-order valence-corrected chi connectivity index (χ1v) is 14.1. The topological polar surface area (TPSA) is 85.8 Å². The van der Waals surface area contributed by atoms with Crippen molar-refractivity contribution >= 4 is 28.5 Å². The van der Waals surface area contributed by atoms with Crippen LogP contribution in [-0.2, 0) is 22.4 Å². The largest absolute Gasteiger partial charge is 0.398 e. The molecule has 0 radical (unpaired) electrons. The highest BCUT2D eigenvalue weighted by Gasteiger charge is 2.64. The number of imide groups is 1. The number of urea groups is 1. The lowest BCUT2D eigenvalue weighted by Gasteiger charge is -2.50. The number of piperidine rings is 1. The van der Waals surface area contributed by atoms with Gasteiger partial charge in [0, 0.05) is 49.0 Å². The smallest absolute Gasteiger partial charge is 0.384 e. The van der Waals surface area contributed by atoms with E-state index in [2.05, 4.69) is 15.2 Å². The highest BCUT2D eigenvalue weighted by atomic mass is 19.4. The first kappa shape index (κ1) is 28.5. The molecule has 0 bridgehead atoms. The Hall–Kier alpha value is -3.57. The van der Waals surface area contributed by atoms with Gasteiger partial charge in [0.2, 0.25) is 5.91 Å². The zero-order chi connectivity index (χ0) is 30.1. The number of fused-ring (bicyclic) bond motifs is 1. The predicted octanol–water partition coefficient (Wildman–Crippen LogP) is 5.53. The molecular weight excluding hydrogens is 552 g/mol. The Morgan fingerprint density at radius 1 is 1.02 bits per heavy atom. The normalized spacial score (nSPS) is 24.1. The van der Waals surface area contributed by atoms with Crippen molar-refractivity contribution in [3.63, 3.8) is 0 Å². The Balaban J connectivity index is 1.22. The lowest BCUT2D eigenvalue weighted by atomic mass is 9.66. The lowest BCUT2D eigenvalue weighted by Crippen LogP contribution is -2.55. The van der Waals surface area contributed by atoms with Crippen LogP contribution in [0, 0.1) is 11.2 Å². The third-order valence-corrected chi connectivity index (χ3v) is 9.33. The molecule has 2 aromatic carbocycles. The molecule has 3 aliphatic rings. The number of amides is 3. The van der Waals surface area contributed by atoms with Gasteiger partial charge in [-0.25, -0.2) is 9.18 Å². The maximum Gasteiger partial charge on any atom is 0.398 e. The maximum absolute atomic E-state index is 16.1. The van der Waals surface area contributed by atoms with Crippen molar-refractivity contribution in [3.05, 3.63) is 71.2 Å². The molecule has 1 saturated carbocycles. The average molecular weight is 585 g/mol. The summed E-state index contributed by atoms with van der Waals surface area (Å²) in [5.41, 5.74) is -1.98. The van der Waals surface area contributed by atoms with Crippen LogP contribution < -0.4 is 10.2 Å². The Kier molecular flexibility index (Phi) is 6.62. The molecule has 2 aliphatic heterocycles. The molecule has 2 saturated heterocycles. The summed E-state index contributed by atoms with van der Waals surface area (Å²) in [5.74, 6) is -0.993. The van der Waals surface area contributed by atoms with Crippen molar-refractivity contribution in [3.8, 4) is 0 Å². The van der Waals surface area contributed by atoms with E-state index in [1.165, 1.54) is 17.2 Å². The molecule has 0 unspecified atom stereocenters. The van der Waals surface area contributed by atoms with Gasteiger partial charge in [0.25, 0.3) is 0 Å². The minimum Gasteiger partial charge on any atom is -0.384 e. The standard InChI is InChI=1S/C31H32F4N4O3/c1-28(2)18-38(17-19-3-5-20(6-4-19)29(10-11-29)31(33,34)35)14-12-30(28,42)23-7-8-24-22(26(23)32)15-21(16-36-24)39-13-9-25(40)37-27(39)41/h3-8,15-16,42H,9-14,17-18H2,1-2H3,(H,37,40,41)/t30-/m1/s1. The summed E-state index contributed by atoms with van der Waals surface area (Å²) in [7, 11) is 0. The molecule has 222 valence electrons. The summed E-state index contributed by atoms with van der Waals surface area (Å²) in [6.45, 7) is 5.26. The number of nitrogens with zero attached hydrogens (tertiary/aromatic N) is 3. The Bertz CT molecular complexity index is 1570. The second-order valence-electron chi connectivity index (χ2n) is 12.4. The summed E-state index contributed by atoms with van der Waals surface area (Å²) in [4.78, 5) is 31.6. The van der Waals surface area contributed by atoms with Crippen LogP contribution in [0.5, 0.6) is 0 Å². The van der Waals surface area contributed by atoms with Crippen LogP contribution in [-0.4, -0.2) is 52.7 Å². The number of hydrogen-bond donors (Lipinski definition) is 2. The number of carbonyl (C=O) groups is 2. The molecule has 1 aromatic heterocycles. The van der Waals surface area contributed by atoms with Gasteiger partial charge in [0.1, 0.15) is 5.82 Å². The van der Waals surface area contributed by atoms with E-state index in [4.69, 9.17) is 0 Å². The van der Waals surface area contributed by atoms with Gasteiger partial charge in [-0.05, 0) is 42.5 Å². The van der Waals surface area contributed by atoms with Crippen LogP contribution >= 0.6 is 0 Å². The third kappa shape index (κ3) is 4.63. The van der Waals surface area contributed by atoms with E-state index < -0.39 is 34.5 Å². The number of likely N-dealkylation sites (tertiary alicyclic amines) is 1. The molecule has 11 heteroatoms. The molecule has 0 spiro atoms. The van der Waals surface area contributed by atoms with E-state index in [0.717, 1.165) is 5.56 Å². The lowest BCUT2D eigenvalue weighted by molar-refractivity contribution is -0.160. The Labute approximate surface area is 240 Å². The fourth-order valence-corrected chi connectivity index (χ4v) is 6.54. The highest BCUT2D eigenvalue weighted by Crippen LogP contribution is 2.59. The van der Waals surface area contributed by atoms with Gasteiger partial charge in [0.15, 0.2) is 0 Å². The minimum atomic E-state index is -4.26. The average Bonchev–Trinajstić information content (AvgIpc) is 3.74. The molecule has 3 aromatic rings. The second kappa shape index (κ2) is 9.74. The number of rotatable bonds is 5. The number of nitrogens with one attached hydrogen (secondary N) is 1. The number of anilines is 1. The number of aromatic nitrogens is 1. The second-order valence-corrected chi connectivity index (χ2v) is 12.4. The molecule has 1 atom stereocenters. The molecule has 6 rings (SSSR count). The van der Waals surface area contributed by atoms with Gasteiger partial charge in [-0.2, -0.15) is 13.2 Å². The minimum absolute atomic E-state index is 0.117. The SMILES string of the molecule is CC1(C)CN(Cc2ccc(C3(C(F)(F)F)CC3)cc2)CC[C@@]1(O)c1ccc2ncc(N3CCC(=O)NC3=O)cc2c1F. The molecule has 42 heavy (non-hydrogen) atoms. The van der Waals surface area contributed by atoms with Gasteiger partial charge in [-0.15, -0.1) is 0 Å². The van der Waals surface area contributed by atoms with Crippen molar-refractivity contribution in [2.24, 2.45) is 5.41 Å². The van der Waals surface area contributed by atoms with Gasteiger partial charge < -0.3 is 5.11 Å². The van der Waals surface area contributed by atoms with E-state index in [1.807, 2.05) is 13.8 Å². The number of hydrogen-bond acceptors (Lipinski definition) is 5. The van der Waals surface area contributed by atoms with Crippen LogP contribution in [0.4, 0.5) is 28.0 Å². The van der Waals surface area contributed by atoms with Gasteiger partial charge >= 0.3 is 12.2 Å². The molecule has 7 nitrogen and oxygen atoms in total. The van der Waals surface area contributed by atoms with Crippen LogP contribution in [0.15, 0.2) is 48.7 Å². The fraction of sp³-hybridized carbons (Fsp3) is 0.452. The number of halogens is 4. The molecule has 3 fully saturated rings. The van der Waals surface area contributed by atoms with Crippen LogP contribution in [0.3, 0.4) is 0 Å². The van der Waals surface area contributed by atoms with E-state index in [9.17, 15) is 27.9 Å². The van der Waals surface area contributed by atoms with Crippen molar-refractivity contribution in [2.45, 2.75) is 63.3 Å². The zero-order valence-corrected chi connectivity index (χ0v) is 23.4. The van der Waals surface area contributed by atoms with Crippen LogP contribution in [0.2, 0.25) is 0 Å². The quantitative estimate of drug-likeness (QED) is 0.385. The first-order chi connectivity index (χ1) is 19.7. The summed E-state index contributed by atoms with van der Waals surface area (Å²) in [6, 6.07) is 10.7. The monoisotopic (exact) mass is 584 g/mol. The van der Waals surface area contributed by atoms with E-state index in [-0.39, 0.29) is 49.1 Å². The summed E-state index contributed by atoms with van der Waals surface area (Å²) in [5, 5.41) is 14.4. The van der Waals surface area contributed by atoms with E-state index >= 15 is 4.39 Å². The molecular formula is C31H32F4N4O3. The Morgan fingerprint density at radius 3 is 2.36 bits per heavy atom. The molecule has 3 heterocycles. The maximum atomic E-state index is 16.1. The highest BCUT2D eigenvalue weighted by molar-refractivity contribution is 6.06. The third-order valence-electron chi connectivity index (χ3n) is 9.33. The predicted molar refractivity (Wildman–Crippen MR) is 148 cm³/mol. The number of alkyl halides is 3. The van der Waals surface area contributed by atoms with E-state index in [1.54, 1.807) is 36.4 Å². The first-order valence-electron chi connectivity index (χ1n) is 14.1. The van der Waals surface area contributed by atoms with Gasteiger partial charge in [-0.1, -0.05) is 44.2 Å². The zero-order valence-electron chi connectivity index (χ0n) is 23.4.